The summed E-state index contributed by atoms with van der Waals surface area (Å²) in [6.45, 7) is 2.39. The van der Waals surface area contributed by atoms with Gasteiger partial charge in [0, 0.05) is 31.4 Å². The van der Waals surface area contributed by atoms with E-state index in [9.17, 15) is 0 Å². The lowest BCUT2D eigenvalue weighted by atomic mass is 9.99. The molecule has 0 spiro atoms. The van der Waals surface area contributed by atoms with Crippen LogP contribution in [0.5, 0.6) is 6.01 Å². The Morgan fingerprint density at radius 3 is 2.86 bits per heavy atom. The maximum atomic E-state index is 6.17. The molecule has 8 heteroatoms. The van der Waals surface area contributed by atoms with E-state index in [1.54, 1.807) is 18.6 Å². The molecule has 1 aliphatic heterocycles. The molecule has 1 fully saturated rings. The standard InChI is InChI=1S/C14H15BrClN5O/c15-11-4-18-14(19-5-11)22-8-10-2-1-3-21(7-10)13-12(16)6-17-9-20-13/h4-6,9-10H,1-3,7-8H2. The van der Waals surface area contributed by atoms with Gasteiger partial charge in [0.15, 0.2) is 5.82 Å². The van der Waals surface area contributed by atoms with Gasteiger partial charge in [-0.1, -0.05) is 11.6 Å². The highest BCUT2D eigenvalue weighted by atomic mass is 79.9. The minimum Gasteiger partial charge on any atom is -0.463 e. The summed E-state index contributed by atoms with van der Waals surface area (Å²) in [6, 6.07) is 0.403. The molecule has 0 aromatic carbocycles. The molecule has 1 aliphatic rings. The van der Waals surface area contributed by atoms with Crippen LogP contribution in [0.15, 0.2) is 29.4 Å². The monoisotopic (exact) mass is 383 g/mol. The van der Waals surface area contributed by atoms with Crippen molar-refractivity contribution < 1.29 is 4.74 Å². The molecule has 116 valence electrons. The average Bonchev–Trinajstić information content (AvgIpc) is 2.55. The second kappa shape index (κ2) is 7.19. The molecule has 6 nitrogen and oxygen atoms in total. The minimum atomic E-state index is 0.395. The molecule has 0 aliphatic carbocycles. The number of hydrogen-bond donors (Lipinski definition) is 0. The first-order valence-corrected chi connectivity index (χ1v) is 8.20. The van der Waals surface area contributed by atoms with Crippen molar-refractivity contribution in [2.24, 2.45) is 5.92 Å². The molecule has 2 aromatic rings. The van der Waals surface area contributed by atoms with Gasteiger partial charge >= 0.3 is 6.01 Å². The lowest BCUT2D eigenvalue weighted by Crippen LogP contribution is -2.38. The molecule has 0 bridgehead atoms. The van der Waals surface area contributed by atoms with E-state index in [-0.39, 0.29) is 0 Å². The third kappa shape index (κ3) is 3.84. The van der Waals surface area contributed by atoms with Gasteiger partial charge in [-0.15, -0.1) is 0 Å². The SMILES string of the molecule is Clc1cncnc1N1CCCC(COc2ncc(Br)cn2)C1. The molecule has 2 aromatic heterocycles. The van der Waals surface area contributed by atoms with E-state index in [1.807, 2.05) is 0 Å². The number of halogens is 2. The molecule has 0 amide bonds. The fourth-order valence-corrected chi connectivity index (χ4v) is 2.93. The molecular formula is C14H15BrClN5O. The fraction of sp³-hybridized carbons (Fsp3) is 0.429. The Morgan fingerprint density at radius 2 is 2.09 bits per heavy atom. The molecule has 3 rings (SSSR count). The molecule has 0 saturated carbocycles. The van der Waals surface area contributed by atoms with Gasteiger partial charge in [0.2, 0.25) is 0 Å². The number of hydrogen-bond acceptors (Lipinski definition) is 6. The fourth-order valence-electron chi connectivity index (χ4n) is 2.50. The van der Waals surface area contributed by atoms with Crippen molar-refractivity contribution in [3.05, 3.63) is 34.4 Å². The van der Waals surface area contributed by atoms with Crippen LogP contribution in [0, 0.1) is 5.92 Å². The number of anilines is 1. The van der Waals surface area contributed by atoms with E-state index in [2.05, 4.69) is 40.8 Å². The summed E-state index contributed by atoms with van der Waals surface area (Å²) < 4.78 is 6.51. The summed E-state index contributed by atoms with van der Waals surface area (Å²) in [6.07, 6.45) is 8.69. The van der Waals surface area contributed by atoms with Crippen molar-refractivity contribution in [2.45, 2.75) is 12.8 Å². The van der Waals surface area contributed by atoms with Crippen molar-refractivity contribution in [2.75, 3.05) is 24.6 Å². The molecule has 1 atom stereocenters. The zero-order valence-corrected chi connectivity index (χ0v) is 14.2. The van der Waals surface area contributed by atoms with E-state index >= 15 is 0 Å². The maximum absolute atomic E-state index is 6.17. The van der Waals surface area contributed by atoms with Crippen LogP contribution < -0.4 is 9.64 Å². The summed E-state index contributed by atoms with van der Waals surface area (Å²) in [4.78, 5) is 18.6. The van der Waals surface area contributed by atoms with Crippen LogP contribution in [0.4, 0.5) is 5.82 Å². The highest BCUT2D eigenvalue weighted by Gasteiger charge is 2.23. The van der Waals surface area contributed by atoms with Crippen molar-refractivity contribution in [3.63, 3.8) is 0 Å². The molecule has 3 heterocycles. The molecule has 1 unspecified atom stereocenters. The van der Waals surface area contributed by atoms with E-state index in [0.717, 1.165) is 36.2 Å². The Morgan fingerprint density at radius 1 is 1.27 bits per heavy atom. The van der Waals surface area contributed by atoms with Crippen LogP contribution in [0.1, 0.15) is 12.8 Å². The molecule has 22 heavy (non-hydrogen) atoms. The molecule has 0 radical (unpaired) electrons. The Kier molecular flexibility index (Phi) is 5.04. The van der Waals surface area contributed by atoms with Crippen LogP contribution in [0.3, 0.4) is 0 Å². The normalized spacial score (nSPS) is 18.3. The smallest absolute Gasteiger partial charge is 0.316 e. The van der Waals surface area contributed by atoms with Crippen LogP contribution in [-0.2, 0) is 0 Å². The average molecular weight is 385 g/mol. The van der Waals surface area contributed by atoms with Crippen LogP contribution in [-0.4, -0.2) is 39.6 Å². The first-order chi connectivity index (χ1) is 10.7. The van der Waals surface area contributed by atoms with Crippen molar-refractivity contribution in [1.29, 1.82) is 0 Å². The summed E-state index contributed by atoms with van der Waals surface area (Å²) in [5.41, 5.74) is 0. The summed E-state index contributed by atoms with van der Waals surface area (Å²) in [5, 5.41) is 0.584. The summed E-state index contributed by atoms with van der Waals surface area (Å²) in [7, 11) is 0. The zero-order valence-electron chi connectivity index (χ0n) is 11.8. The third-order valence-electron chi connectivity index (χ3n) is 3.51. The van der Waals surface area contributed by atoms with E-state index in [1.165, 1.54) is 6.33 Å². The second-order valence-corrected chi connectivity index (χ2v) is 6.47. The van der Waals surface area contributed by atoms with Crippen molar-refractivity contribution in [1.82, 2.24) is 19.9 Å². The van der Waals surface area contributed by atoms with Gasteiger partial charge in [-0.05, 0) is 28.8 Å². The lowest BCUT2D eigenvalue weighted by Gasteiger charge is -2.33. The van der Waals surface area contributed by atoms with Gasteiger partial charge in [0.1, 0.15) is 11.3 Å². The molecule has 0 N–H and O–H groups in total. The van der Waals surface area contributed by atoms with Gasteiger partial charge in [-0.25, -0.2) is 19.9 Å². The zero-order chi connectivity index (χ0) is 15.4. The second-order valence-electron chi connectivity index (χ2n) is 5.14. The number of nitrogens with zero attached hydrogens (tertiary/aromatic N) is 5. The third-order valence-corrected chi connectivity index (χ3v) is 4.19. The molecule has 1 saturated heterocycles. The van der Waals surface area contributed by atoms with Gasteiger partial charge < -0.3 is 9.64 Å². The first-order valence-electron chi connectivity index (χ1n) is 7.03. The van der Waals surface area contributed by atoms with E-state index < -0.39 is 0 Å². The highest BCUT2D eigenvalue weighted by molar-refractivity contribution is 9.10. The Labute approximate surface area is 142 Å². The number of rotatable bonds is 4. The topological polar surface area (TPSA) is 64.0 Å². The minimum absolute atomic E-state index is 0.395. The Balaban J connectivity index is 1.59. The van der Waals surface area contributed by atoms with Crippen molar-refractivity contribution >= 4 is 33.3 Å². The van der Waals surface area contributed by atoms with Gasteiger partial charge in [-0.3, -0.25) is 0 Å². The quantitative estimate of drug-likeness (QED) is 0.807. The Hall–Kier alpha value is -1.47. The van der Waals surface area contributed by atoms with Crippen molar-refractivity contribution in [3.8, 4) is 6.01 Å². The predicted octanol–water partition coefficient (Wildman–Crippen LogP) is 2.98. The van der Waals surface area contributed by atoms with Crippen LogP contribution in [0.2, 0.25) is 5.02 Å². The first kappa shape index (κ1) is 15.4. The van der Waals surface area contributed by atoms with Gasteiger partial charge in [-0.2, -0.15) is 0 Å². The maximum Gasteiger partial charge on any atom is 0.316 e. The van der Waals surface area contributed by atoms with Crippen LogP contribution in [0.25, 0.3) is 0 Å². The summed E-state index contributed by atoms with van der Waals surface area (Å²) >= 11 is 9.47. The highest BCUT2D eigenvalue weighted by Crippen LogP contribution is 2.27. The number of ether oxygens (including phenoxy) is 1. The van der Waals surface area contributed by atoms with E-state index in [4.69, 9.17) is 16.3 Å². The van der Waals surface area contributed by atoms with Gasteiger partial charge in [0.05, 0.1) is 17.3 Å². The predicted molar refractivity (Wildman–Crippen MR) is 87.2 cm³/mol. The number of piperidine rings is 1. The van der Waals surface area contributed by atoms with E-state index in [0.29, 0.717) is 23.6 Å². The Bertz CT molecular complexity index is 627. The van der Waals surface area contributed by atoms with Crippen LogP contribution >= 0.6 is 27.5 Å². The number of aromatic nitrogens is 4. The summed E-state index contributed by atoms with van der Waals surface area (Å²) in [5.74, 6) is 1.19. The largest absolute Gasteiger partial charge is 0.463 e. The molecular weight excluding hydrogens is 370 g/mol. The van der Waals surface area contributed by atoms with Gasteiger partial charge in [0.25, 0.3) is 0 Å². The lowest BCUT2D eigenvalue weighted by molar-refractivity contribution is 0.213.